The van der Waals surface area contributed by atoms with Gasteiger partial charge >= 0.3 is 11.8 Å². The molecule has 7 nitrogen and oxygen atoms in total. The summed E-state index contributed by atoms with van der Waals surface area (Å²) in [4.78, 5) is 23.4. The molecule has 1 aliphatic rings. The van der Waals surface area contributed by atoms with Crippen molar-refractivity contribution >= 4 is 17.5 Å². The van der Waals surface area contributed by atoms with Crippen LogP contribution in [-0.4, -0.2) is 42.3 Å². The molecule has 0 unspecified atom stereocenters. The molecule has 1 aromatic carbocycles. The number of nitrogens with one attached hydrogen (secondary N) is 2. The number of aliphatic hydroxyl groups is 1. The average Bonchev–Trinajstić information content (AvgIpc) is 2.92. The predicted octanol–water partition coefficient (Wildman–Crippen LogP) is -0.236. The Labute approximate surface area is 121 Å². The molecule has 7 heteroatoms. The van der Waals surface area contributed by atoms with Crippen LogP contribution in [0.5, 0.6) is 0 Å². The van der Waals surface area contributed by atoms with Gasteiger partial charge in [0.25, 0.3) is 0 Å². The Hall–Kier alpha value is -2.43. The summed E-state index contributed by atoms with van der Waals surface area (Å²) in [6.45, 7) is 0.499. The van der Waals surface area contributed by atoms with Crippen molar-refractivity contribution in [1.29, 1.82) is 5.26 Å². The van der Waals surface area contributed by atoms with E-state index in [1.165, 1.54) is 12.1 Å². The Morgan fingerprint density at radius 3 is 2.81 bits per heavy atom. The van der Waals surface area contributed by atoms with Crippen molar-refractivity contribution < 1.29 is 19.4 Å². The van der Waals surface area contributed by atoms with Gasteiger partial charge in [0.2, 0.25) is 0 Å². The number of rotatable bonds is 3. The molecule has 1 saturated heterocycles. The molecule has 1 aromatic rings. The zero-order valence-corrected chi connectivity index (χ0v) is 11.3. The van der Waals surface area contributed by atoms with Gasteiger partial charge in [0, 0.05) is 19.6 Å². The standard InChI is InChI=1S/C14H15N3O4/c15-7-10-3-1-2-4-11(10)17-13(19)12(18)16-8-14(20)5-6-21-9-14/h1-4,20H,5-6,8-9H2,(H,16,18)(H,17,19)/t14-/m1/s1. The molecule has 1 atom stereocenters. The summed E-state index contributed by atoms with van der Waals surface area (Å²) in [5, 5.41) is 23.6. The first-order valence-electron chi connectivity index (χ1n) is 6.42. The lowest BCUT2D eigenvalue weighted by Gasteiger charge is -2.20. The summed E-state index contributed by atoms with van der Waals surface area (Å²) >= 11 is 0. The molecule has 21 heavy (non-hydrogen) atoms. The Bertz CT molecular complexity index is 588. The lowest BCUT2D eigenvalue weighted by Crippen LogP contribution is -2.46. The molecule has 3 N–H and O–H groups in total. The van der Waals surface area contributed by atoms with Crippen LogP contribution in [0.25, 0.3) is 0 Å². The van der Waals surface area contributed by atoms with E-state index in [1.807, 2.05) is 6.07 Å². The summed E-state index contributed by atoms with van der Waals surface area (Å²) in [7, 11) is 0. The van der Waals surface area contributed by atoms with Gasteiger partial charge in [0.05, 0.1) is 17.9 Å². The third kappa shape index (κ3) is 3.78. The molecule has 2 amide bonds. The summed E-state index contributed by atoms with van der Waals surface area (Å²) in [5.41, 5.74) is -0.593. The maximum Gasteiger partial charge on any atom is 0.313 e. The highest BCUT2D eigenvalue weighted by Crippen LogP contribution is 2.17. The van der Waals surface area contributed by atoms with E-state index in [1.54, 1.807) is 12.1 Å². The highest BCUT2D eigenvalue weighted by atomic mass is 16.5. The second-order valence-electron chi connectivity index (χ2n) is 4.82. The third-order valence-corrected chi connectivity index (χ3v) is 3.16. The SMILES string of the molecule is N#Cc1ccccc1NC(=O)C(=O)NC[C@]1(O)CCOC1. The molecule has 2 rings (SSSR count). The Morgan fingerprint density at radius 1 is 1.38 bits per heavy atom. The first kappa shape index (κ1) is 15.0. The van der Waals surface area contributed by atoms with Crippen LogP contribution in [0.4, 0.5) is 5.69 Å². The molecule has 0 bridgehead atoms. The van der Waals surface area contributed by atoms with E-state index < -0.39 is 17.4 Å². The summed E-state index contributed by atoms with van der Waals surface area (Å²) in [5.74, 6) is -1.76. The number of para-hydroxylation sites is 1. The minimum Gasteiger partial charge on any atom is -0.386 e. The Balaban J connectivity index is 1.91. The van der Waals surface area contributed by atoms with Gasteiger partial charge < -0.3 is 20.5 Å². The van der Waals surface area contributed by atoms with Crippen LogP contribution in [0.3, 0.4) is 0 Å². The molecule has 0 spiro atoms. The number of nitrogens with zero attached hydrogens (tertiary/aromatic N) is 1. The zero-order valence-electron chi connectivity index (χ0n) is 11.3. The second kappa shape index (κ2) is 6.35. The van der Waals surface area contributed by atoms with Crippen molar-refractivity contribution in [3.8, 4) is 6.07 Å². The van der Waals surface area contributed by atoms with Crippen molar-refractivity contribution in [2.75, 3.05) is 25.1 Å². The number of ether oxygens (including phenoxy) is 1. The largest absolute Gasteiger partial charge is 0.386 e. The molecule has 0 saturated carbocycles. The third-order valence-electron chi connectivity index (χ3n) is 3.16. The molecule has 110 valence electrons. The molecule has 0 aromatic heterocycles. The lowest BCUT2D eigenvalue weighted by atomic mass is 10.0. The Kier molecular flexibility index (Phi) is 4.52. The van der Waals surface area contributed by atoms with Gasteiger partial charge in [-0.25, -0.2) is 0 Å². The molecule has 0 aliphatic carbocycles. The van der Waals surface area contributed by atoms with E-state index in [4.69, 9.17) is 10.00 Å². The molecular weight excluding hydrogens is 274 g/mol. The van der Waals surface area contributed by atoms with Crippen molar-refractivity contribution in [2.45, 2.75) is 12.0 Å². The fraction of sp³-hybridized carbons (Fsp3) is 0.357. The molecule has 0 radical (unpaired) electrons. The number of hydrogen-bond acceptors (Lipinski definition) is 5. The van der Waals surface area contributed by atoms with Crippen LogP contribution in [0.15, 0.2) is 24.3 Å². The van der Waals surface area contributed by atoms with Gasteiger partial charge in [-0.15, -0.1) is 0 Å². The van der Waals surface area contributed by atoms with Gasteiger partial charge in [0.15, 0.2) is 0 Å². The fourth-order valence-corrected chi connectivity index (χ4v) is 1.93. The van der Waals surface area contributed by atoms with E-state index in [0.717, 1.165) is 0 Å². The van der Waals surface area contributed by atoms with Crippen molar-refractivity contribution in [1.82, 2.24) is 5.32 Å². The van der Waals surface area contributed by atoms with Crippen molar-refractivity contribution in [3.63, 3.8) is 0 Å². The van der Waals surface area contributed by atoms with Crippen molar-refractivity contribution in [2.24, 2.45) is 0 Å². The van der Waals surface area contributed by atoms with E-state index in [2.05, 4.69) is 10.6 Å². The van der Waals surface area contributed by atoms with Crippen LogP contribution < -0.4 is 10.6 Å². The Morgan fingerprint density at radius 2 is 2.14 bits per heavy atom. The normalized spacial score (nSPS) is 20.6. The quantitative estimate of drug-likeness (QED) is 0.665. The maximum absolute atomic E-state index is 11.7. The first-order chi connectivity index (χ1) is 10.0. The second-order valence-corrected chi connectivity index (χ2v) is 4.82. The predicted molar refractivity (Wildman–Crippen MR) is 73.2 cm³/mol. The number of hydrogen-bond donors (Lipinski definition) is 3. The number of anilines is 1. The lowest BCUT2D eigenvalue weighted by molar-refractivity contribution is -0.136. The maximum atomic E-state index is 11.7. The van der Waals surface area contributed by atoms with Gasteiger partial charge in [-0.05, 0) is 12.1 Å². The molecular formula is C14H15N3O4. The van der Waals surface area contributed by atoms with E-state index in [0.29, 0.717) is 13.0 Å². The smallest absolute Gasteiger partial charge is 0.313 e. The number of benzene rings is 1. The molecule has 1 heterocycles. The summed E-state index contributed by atoms with van der Waals surface area (Å²) in [6.07, 6.45) is 0.409. The van der Waals surface area contributed by atoms with E-state index in [-0.39, 0.29) is 24.4 Å². The summed E-state index contributed by atoms with van der Waals surface area (Å²) < 4.78 is 5.04. The van der Waals surface area contributed by atoms with Gasteiger partial charge in [0.1, 0.15) is 11.7 Å². The van der Waals surface area contributed by atoms with Crippen LogP contribution >= 0.6 is 0 Å². The topological polar surface area (TPSA) is 111 Å². The highest BCUT2D eigenvalue weighted by molar-refractivity contribution is 6.39. The van der Waals surface area contributed by atoms with Gasteiger partial charge in [-0.2, -0.15) is 5.26 Å². The van der Waals surface area contributed by atoms with Crippen LogP contribution in [0.1, 0.15) is 12.0 Å². The molecule has 1 fully saturated rings. The number of carbonyl (C=O) groups is 2. The number of nitriles is 1. The fourth-order valence-electron chi connectivity index (χ4n) is 1.93. The first-order valence-corrected chi connectivity index (χ1v) is 6.42. The van der Waals surface area contributed by atoms with Crippen LogP contribution in [0.2, 0.25) is 0 Å². The number of carbonyl (C=O) groups excluding carboxylic acids is 2. The summed E-state index contributed by atoms with van der Waals surface area (Å²) in [6, 6.07) is 8.29. The average molecular weight is 289 g/mol. The highest BCUT2D eigenvalue weighted by Gasteiger charge is 2.33. The van der Waals surface area contributed by atoms with Crippen LogP contribution in [-0.2, 0) is 14.3 Å². The monoisotopic (exact) mass is 289 g/mol. The molecule has 1 aliphatic heterocycles. The van der Waals surface area contributed by atoms with Crippen LogP contribution in [0, 0.1) is 11.3 Å². The number of amides is 2. The van der Waals surface area contributed by atoms with E-state index in [9.17, 15) is 14.7 Å². The minimum absolute atomic E-state index is 0.0564. The van der Waals surface area contributed by atoms with Crippen molar-refractivity contribution in [3.05, 3.63) is 29.8 Å². The van der Waals surface area contributed by atoms with E-state index >= 15 is 0 Å². The van der Waals surface area contributed by atoms with Gasteiger partial charge in [-0.1, -0.05) is 12.1 Å². The minimum atomic E-state index is -1.12. The zero-order chi connectivity index (χ0) is 15.3. The van der Waals surface area contributed by atoms with Gasteiger partial charge in [-0.3, -0.25) is 9.59 Å².